The molecule has 3 rings (SSSR count). The number of benzene rings is 2. The quantitative estimate of drug-likeness (QED) is 0.757. The standard InChI is InChI=1S/C21H27ClN2O2/c1-15(17-7-5-4-6-8-17)24-21(2,3)14-23-13-16-11-18(22)20-19(12-16)25-9-10-26-20/h4-8,11-12,15,23-24H,9-10,13-14H2,1-3H3. The molecule has 1 unspecified atom stereocenters. The van der Waals surface area contributed by atoms with E-state index >= 15 is 0 Å². The van der Waals surface area contributed by atoms with E-state index in [1.807, 2.05) is 18.2 Å². The Morgan fingerprint density at radius 3 is 2.62 bits per heavy atom. The molecule has 0 aliphatic carbocycles. The molecule has 2 aromatic rings. The minimum atomic E-state index is -0.0487. The topological polar surface area (TPSA) is 42.5 Å². The molecular formula is C21H27ClN2O2. The molecule has 0 bridgehead atoms. The average molecular weight is 375 g/mol. The molecular weight excluding hydrogens is 348 g/mol. The fourth-order valence-electron chi connectivity index (χ4n) is 3.25. The Balaban J connectivity index is 1.54. The smallest absolute Gasteiger partial charge is 0.179 e. The first-order valence-corrected chi connectivity index (χ1v) is 9.44. The molecule has 4 nitrogen and oxygen atoms in total. The van der Waals surface area contributed by atoms with Gasteiger partial charge in [0.15, 0.2) is 11.5 Å². The van der Waals surface area contributed by atoms with Crippen LogP contribution in [0.5, 0.6) is 11.5 Å². The summed E-state index contributed by atoms with van der Waals surface area (Å²) in [5.41, 5.74) is 2.33. The Morgan fingerprint density at radius 1 is 1.12 bits per heavy atom. The van der Waals surface area contributed by atoms with Crippen molar-refractivity contribution in [2.45, 2.75) is 38.9 Å². The van der Waals surface area contributed by atoms with Crippen molar-refractivity contribution < 1.29 is 9.47 Å². The van der Waals surface area contributed by atoms with Crippen molar-refractivity contribution >= 4 is 11.6 Å². The minimum Gasteiger partial charge on any atom is -0.486 e. The van der Waals surface area contributed by atoms with E-state index in [1.54, 1.807) is 0 Å². The first-order chi connectivity index (χ1) is 12.4. The van der Waals surface area contributed by atoms with Crippen molar-refractivity contribution in [3.05, 3.63) is 58.6 Å². The Morgan fingerprint density at radius 2 is 1.85 bits per heavy atom. The molecule has 0 spiro atoms. The van der Waals surface area contributed by atoms with Crippen LogP contribution < -0.4 is 20.1 Å². The fraction of sp³-hybridized carbons (Fsp3) is 0.429. The van der Waals surface area contributed by atoms with Gasteiger partial charge in [-0.1, -0.05) is 41.9 Å². The lowest BCUT2D eigenvalue weighted by atomic mass is 10.0. The second-order valence-corrected chi connectivity index (χ2v) is 7.77. The first-order valence-electron chi connectivity index (χ1n) is 9.06. The summed E-state index contributed by atoms with van der Waals surface area (Å²) in [4.78, 5) is 0. The molecule has 2 N–H and O–H groups in total. The van der Waals surface area contributed by atoms with Crippen molar-refractivity contribution in [3.63, 3.8) is 0 Å². The molecule has 5 heteroatoms. The molecule has 140 valence electrons. The number of ether oxygens (including phenoxy) is 2. The van der Waals surface area contributed by atoms with Crippen LogP contribution >= 0.6 is 11.6 Å². The van der Waals surface area contributed by atoms with Crippen LogP contribution in [0.15, 0.2) is 42.5 Å². The summed E-state index contributed by atoms with van der Waals surface area (Å²) >= 11 is 6.31. The van der Waals surface area contributed by atoms with Gasteiger partial charge in [-0.05, 0) is 44.0 Å². The number of hydrogen-bond donors (Lipinski definition) is 2. The van der Waals surface area contributed by atoms with Crippen LogP contribution in [0.25, 0.3) is 0 Å². The van der Waals surface area contributed by atoms with Gasteiger partial charge in [0.1, 0.15) is 13.2 Å². The van der Waals surface area contributed by atoms with Crippen molar-refractivity contribution in [2.24, 2.45) is 0 Å². The zero-order valence-corrected chi connectivity index (χ0v) is 16.4. The van der Waals surface area contributed by atoms with Crippen molar-refractivity contribution in [3.8, 4) is 11.5 Å². The summed E-state index contributed by atoms with van der Waals surface area (Å²) in [6.07, 6.45) is 0. The second-order valence-electron chi connectivity index (χ2n) is 7.37. The SMILES string of the molecule is CC(NC(C)(C)CNCc1cc(Cl)c2c(c1)OCCO2)c1ccccc1. The van der Waals surface area contributed by atoms with E-state index in [4.69, 9.17) is 21.1 Å². The highest BCUT2D eigenvalue weighted by molar-refractivity contribution is 6.32. The lowest BCUT2D eigenvalue weighted by Gasteiger charge is -2.31. The first kappa shape index (κ1) is 19.0. The van der Waals surface area contributed by atoms with E-state index in [1.165, 1.54) is 5.56 Å². The van der Waals surface area contributed by atoms with Gasteiger partial charge in [-0.15, -0.1) is 0 Å². The van der Waals surface area contributed by atoms with Gasteiger partial charge in [0, 0.05) is 24.7 Å². The molecule has 1 aliphatic heterocycles. The number of rotatable bonds is 7. The van der Waals surface area contributed by atoms with Gasteiger partial charge in [-0.25, -0.2) is 0 Å². The maximum absolute atomic E-state index is 6.31. The Kier molecular flexibility index (Phi) is 6.07. The summed E-state index contributed by atoms with van der Waals surface area (Å²) in [7, 11) is 0. The van der Waals surface area contributed by atoms with E-state index in [9.17, 15) is 0 Å². The Labute approximate surface area is 160 Å². The summed E-state index contributed by atoms with van der Waals surface area (Å²) in [6.45, 7) is 9.26. The van der Waals surface area contributed by atoms with Crippen molar-refractivity contribution in [1.29, 1.82) is 0 Å². The normalized spacial score (nSPS) is 14.9. The van der Waals surface area contributed by atoms with Crippen LogP contribution in [0.4, 0.5) is 0 Å². The Hall–Kier alpha value is -1.75. The maximum Gasteiger partial charge on any atom is 0.179 e. The molecule has 0 aromatic heterocycles. The van der Waals surface area contributed by atoms with Gasteiger partial charge in [0.2, 0.25) is 0 Å². The highest BCUT2D eigenvalue weighted by Crippen LogP contribution is 2.38. The summed E-state index contributed by atoms with van der Waals surface area (Å²) in [6, 6.07) is 14.7. The average Bonchev–Trinajstić information content (AvgIpc) is 2.62. The summed E-state index contributed by atoms with van der Waals surface area (Å²) < 4.78 is 11.2. The van der Waals surface area contributed by atoms with Crippen LogP contribution in [0.1, 0.15) is 37.9 Å². The number of fused-ring (bicyclic) bond motifs is 1. The maximum atomic E-state index is 6.31. The highest BCUT2D eigenvalue weighted by Gasteiger charge is 2.21. The largest absolute Gasteiger partial charge is 0.486 e. The third-order valence-corrected chi connectivity index (χ3v) is 4.74. The van der Waals surface area contributed by atoms with Crippen LogP contribution in [0, 0.1) is 0 Å². The molecule has 1 aliphatic rings. The zero-order chi connectivity index (χ0) is 18.6. The Bertz CT molecular complexity index is 734. The number of nitrogens with one attached hydrogen (secondary N) is 2. The van der Waals surface area contributed by atoms with Gasteiger partial charge in [0.25, 0.3) is 0 Å². The predicted molar refractivity (Wildman–Crippen MR) is 106 cm³/mol. The van der Waals surface area contributed by atoms with E-state index in [-0.39, 0.29) is 11.6 Å². The predicted octanol–water partition coefficient (Wildman–Crippen LogP) is 4.33. The lowest BCUT2D eigenvalue weighted by molar-refractivity contribution is 0.171. The van der Waals surface area contributed by atoms with Crippen molar-refractivity contribution in [2.75, 3.05) is 19.8 Å². The second kappa shape index (κ2) is 8.30. The van der Waals surface area contributed by atoms with Crippen LogP contribution in [-0.4, -0.2) is 25.3 Å². The minimum absolute atomic E-state index is 0.0487. The lowest BCUT2D eigenvalue weighted by Crippen LogP contribution is -2.48. The summed E-state index contributed by atoms with van der Waals surface area (Å²) in [5, 5.41) is 7.81. The molecule has 0 radical (unpaired) electrons. The third-order valence-electron chi connectivity index (χ3n) is 4.46. The monoisotopic (exact) mass is 374 g/mol. The van der Waals surface area contributed by atoms with Crippen LogP contribution in [-0.2, 0) is 6.54 Å². The molecule has 1 atom stereocenters. The molecule has 1 heterocycles. The van der Waals surface area contributed by atoms with Gasteiger partial charge < -0.3 is 20.1 Å². The number of hydrogen-bond acceptors (Lipinski definition) is 4. The highest BCUT2D eigenvalue weighted by atomic mass is 35.5. The molecule has 0 saturated heterocycles. The van der Waals surface area contributed by atoms with Gasteiger partial charge in [-0.2, -0.15) is 0 Å². The summed E-state index contributed by atoms with van der Waals surface area (Å²) in [5.74, 6) is 1.39. The van der Waals surface area contributed by atoms with E-state index < -0.39 is 0 Å². The van der Waals surface area contributed by atoms with Gasteiger partial charge >= 0.3 is 0 Å². The van der Waals surface area contributed by atoms with Crippen LogP contribution in [0.3, 0.4) is 0 Å². The zero-order valence-electron chi connectivity index (χ0n) is 15.6. The van der Waals surface area contributed by atoms with Gasteiger partial charge in [0.05, 0.1) is 5.02 Å². The molecule has 0 amide bonds. The molecule has 2 aromatic carbocycles. The van der Waals surface area contributed by atoms with E-state index in [0.717, 1.165) is 24.4 Å². The van der Waals surface area contributed by atoms with Crippen molar-refractivity contribution in [1.82, 2.24) is 10.6 Å². The third kappa shape index (κ3) is 4.91. The fourth-order valence-corrected chi connectivity index (χ4v) is 3.54. The molecule has 0 saturated carbocycles. The molecule has 0 fully saturated rings. The van der Waals surface area contributed by atoms with E-state index in [2.05, 4.69) is 55.7 Å². The van der Waals surface area contributed by atoms with Gasteiger partial charge in [-0.3, -0.25) is 0 Å². The van der Waals surface area contributed by atoms with E-state index in [0.29, 0.717) is 24.0 Å². The number of halogens is 1. The van der Waals surface area contributed by atoms with Crippen LogP contribution in [0.2, 0.25) is 5.02 Å². The molecule has 26 heavy (non-hydrogen) atoms.